The van der Waals surface area contributed by atoms with Gasteiger partial charge >= 0.3 is 0 Å². The average Bonchev–Trinajstić information content (AvgIpc) is 3.17. The van der Waals surface area contributed by atoms with Gasteiger partial charge in [0.2, 0.25) is 0 Å². The van der Waals surface area contributed by atoms with Gasteiger partial charge in [-0.05, 0) is 35.4 Å². The van der Waals surface area contributed by atoms with Crippen LogP contribution in [-0.2, 0) is 12.3 Å². The molecule has 4 nitrogen and oxygen atoms in total. The number of fused-ring (bicyclic) bond motifs is 1. The number of rotatable bonds is 6. The highest BCUT2D eigenvalue weighted by Crippen LogP contribution is 2.19. The van der Waals surface area contributed by atoms with Gasteiger partial charge in [0, 0.05) is 28.4 Å². The summed E-state index contributed by atoms with van der Waals surface area (Å²) in [5, 5.41) is 9.66. The molecule has 0 atom stereocenters. The molecule has 30 heavy (non-hydrogen) atoms. The van der Waals surface area contributed by atoms with Crippen molar-refractivity contribution in [2.45, 2.75) is 12.3 Å². The van der Waals surface area contributed by atoms with Crippen LogP contribution in [0.4, 0.5) is 4.39 Å². The quantitative estimate of drug-likeness (QED) is 0.260. The van der Waals surface area contributed by atoms with Gasteiger partial charge in [0.15, 0.2) is 5.17 Å². The first-order valence-electron chi connectivity index (χ1n) is 9.54. The Balaban J connectivity index is 1.42. The lowest BCUT2D eigenvalue weighted by atomic mass is 10.1. The van der Waals surface area contributed by atoms with E-state index in [0.717, 1.165) is 22.2 Å². The van der Waals surface area contributed by atoms with Gasteiger partial charge in [-0.1, -0.05) is 66.4 Å². The summed E-state index contributed by atoms with van der Waals surface area (Å²) in [7, 11) is 0. The lowest BCUT2D eigenvalue weighted by molar-refractivity contribution is 0.602. The van der Waals surface area contributed by atoms with Crippen molar-refractivity contribution in [1.29, 1.82) is 0 Å². The van der Waals surface area contributed by atoms with Gasteiger partial charge in [-0.3, -0.25) is 0 Å². The lowest BCUT2D eigenvalue weighted by Gasteiger charge is -2.07. The maximum absolute atomic E-state index is 13.9. The second-order valence-electron chi connectivity index (χ2n) is 6.81. The van der Waals surface area contributed by atoms with Gasteiger partial charge in [-0.25, -0.2) is 4.39 Å². The summed E-state index contributed by atoms with van der Waals surface area (Å²) in [6.07, 6.45) is 3.65. The Hall–Kier alpha value is -3.38. The van der Waals surface area contributed by atoms with E-state index in [0.29, 0.717) is 17.3 Å². The topological polar surface area (TPSA) is 55.7 Å². The Labute approximate surface area is 178 Å². The SMILES string of the molecule is NC(=NN=Cc1ccc2c(ccn2Cc2ccccc2F)c1)SCc1ccccc1. The average molecular weight is 417 g/mol. The van der Waals surface area contributed by atoms with Crippen molar-refractivity contribution in [3.8, 4) is 0 Å². The molecule has 6 heteroatoms. The molecule has 0 spiro atoms. The highest BCUT2D eigenvalue weighted by Gasteiger charge is 2.05. The monoisotopic (exact) mass is 416 g/mol. The van der Waals surface area contributed by atoms with Gasteiger partial charge < -0.3 is 10.3 Å². The summed E-state index contributed by atoms with van der Waals surface area (Å²) in [6, 6.07) is 25.0. The Morgan fingerprint density at radius 3 is 2.63 bits per heavy atom. The molecule has 2 N–H and O–H groups in total. The number of amidine groups is 1. The van der Waals surface area contributed by atoms with E-state index in [4.69, 9.17) is 5.73 Å². The highest BCUT2D eigenvalue weighted by molar-refractivity contribution is 8.13. The number of nitrogens with zero attached hydrogens (tertiary/aromatic N) is 3. The van der Waals surface area contributed by atoms with E-state index in [1.54, 1.807) is 18.3 Å². The molecule has 0 aliphatic heterocycles. The van der Waals surface area contributed by atoms with E-state index < -0.39 is 0 Å². The second kappa shape index (κ2) is 9.41. The van der Waals surface area contributed by atoms with Crippen molar-refractivity contribution in [2.24, 2.45) is 15.9 Å². The van der Waals surface area contributed by atoms with Crippen LogP contribution < -0.4 is 5.73 Å². The number of hydrogen-bond acceptors (Lipinski definition) is 3. The number of benzene rings is 3. The van der Waals surface area contributed by atoms with Crippen LogP contribution in [0.1, 0.15) is 16.7 Å². The molecular weight excluding hydrogens is 395 g/mol. The molecule has 3 aromatic carbocycles. The Morgan fingerprint density at radius 1 is 1.00 bits per heavy atom. The third-order valence-corrected chi connectivity index (χ3v) is 5.54. The van der Waals surface area contributed by atoms with Crippen molar-refractivity contribution in [2.75, 3.05) is 0 Å². The first kappa shape index (κ1) is 19.9. The first-order chi connectivity index (χ1) is 14.7. The van der Waals surface area contributed by atoms with Gasteiger partial charge in [0.05, 0.1) is 12.8 Å². The fourth-order valence-electron chi connectivity index (χ4n) is 3.16. The third kappa shape index (κ3) is 4.96. The lowest BCUT2D eigenvalue weighted by Crippen LogP contribution is -2.06. The van der Waals surface area contributed by atoms with Crippen LogP contribution in [0.15, 0.2) is 95.3 Å². The molecule has 0 aliphatic carbocycles. The van der Waals surface area contributed by atoms with Crippen LogP contribution in [0.25, 0.3) is 10.9 Å². The molecule has 0 amide bonds. The summed E-state index contributed by atoms with van der Waals surface area (Å²) in [5.74, 6) is 0.566. The Bertz CT molecular complexity index is 1200. The maximum Gasteiger partial charge on any atom is 0.180 e. The van der Waals surface area contributed by atoms with E-state index in [9.17, 15) is 4.39 Å². The number of thioether (sulfide) groups is 1. The molecule has 0 fully saturated rings. The number of aromatic nitrogens is 1. The van der Waals surface area contributed by atoms with Crippen LogP contribution in [0.2, 0.25) is 0 Å². The van der Waals surface area contributed by atoms with Gasteiger partial charge in [0.25, 0.3) is 0 Å². The number of nitrogens with two attached hydrogens (primary N) is 1. The predicted octanol–water partition coefficient (Wildman–Crippen LogP) is 5.41. The Morgan fingerprint density at radius 2 is 1.80 bits per heavy atom. The molecule has 4 rings (SSSR count). The zero-order valence-electron chi connectivity index (χ0n) is 16.3. The van der Waals surface area contributed by atoms with Crippen molar-refractivity contribution in [1.82, 2.24) is 4.57 Å². The van der Waals surface area contributed by atoms with Crippen LogP contribution in [-0.4, -0.2) is 15.9 Å². The molecule has 0 saturated carbocycles. The molecule has 0 bridgehead atoms. The summed E-state index contributed by atoms with van der Waals surface area (Å²) >= 11 is 1.45. The van der Waals surface area contributed by atoms with E-state index in [1.807, 2.05) is 59.3 Å². The molecule has 150 valence electrons. The van der Waals surface area contributed by atoms with E-state index in [-0.39, 0.29) is 5.82 Å². The highest BCUT2D eigenvalue weighted by atomic mass is 32.2. The largest absolute Gasteiger partial charge is 0.377 e. The molecule has 0 aliphatic rings. The van der Waals surface area contributed by atoms with Crippen molar-refractivity contribution in [3.63, 3.8) is 0 Å². The maximum atomic E-state index is 13.9. The van der Waals surface area contributed by atoms with Gasteiger partial charge in [-0.2, -0.15) is 5.10 Å². The fraction of sp³-hybridized carbons (Fsp3) is 0.0833. The van der Waals surface area contributed by atoms with Crippen molar-refractivity contribution in [3.05, 3.63) is 108 Å². The third-order valence-electron chi connectivity index (χ3n) is 4.69. The van der Waals surface area contributed by atoms with E-state index in [1.165, 1.54) is 23.4 Å². The summed E-state index contributed by atoms with van der Waals surface area (Å²) in [6.45, 7) is 0.489. The van der Waals surface area contributed by atoms with Crippen molar-refractivity contribution < 1.29 is 4.39 Å². The molecular formula is C24H21FN4S. The minimum absolute atomic E-state index is 0.191. The summed E-state index contributed by atoms with van der Waals surface area (Å²) in [5.41, 5.74) is 9.75. The number of hydrogen-bond donors (Lipinski definition) is 1. The molecule has 1 aromatic heterocycles. The molecule has 0 radical (unpaired) electrons. The van der Waals surface area contributed by atoms with Crippen LogP contribution in [0, 0.1) is 5.82 Å². The normalized spacial score (nSPS) is 12.1. The smallest absolute Gasteiger partial charge is 0.180 e. The van der Waals surface area contributed by atoms with Crippen LogP contribution in [0.5, 0.6) is 0 Å². The molecule has 0 unspecified atom stereocenters. The Kier molecular flexibility index (Phi) is 6.25. The van der Waals surface area contributed by atoms with Gasteiger partial charge in [-0.15, -0.1) is 5.10 Å². The standard InChI is InChI=1S/C24H21FN4S/c25-22-9-5-4-8-21(22)16-29-13-12-20-14-19(10-11-23(20)29)15-27-28-24(26)30-17-18-6-2-1-3-7-18/h1-15H,16-17H2,(H2,26,28). The minimum Gasteiger partial charge on any atom is -0.377 e. The molecule has 0 saturated heterocycles. The first-order valence-corrected chi connectivity index (χ1v) is 10.5. The van der Waals surface area contributed by atoms with Crippen LogP contribution in [0.3, 0.4) is 0 Å². The van der Waals surface area contributed by atoms with Crippen LogP contribution >= 0.6 is 11.8 Å². The van der Waals surface area contributed by atoms with E-state index >= 15 is 0 Å². The number of halogens is 1. The predicted molar refractivity (Wildman–Crippen MR) is 124 cm³/mol. The second-order valence-corrected chi connectivity index (χ2v) is 7.81. The molecule has 1 heterocycles. The zero-order valence-corrected chi connectivity index (χ0v) is 17.1. The summed E-state index contributed by atoms with van der Waals surface area (Å²) < 4.78 is 16.0. The fourth-order valence-corrected chi connectivity index (χ4v) is 3.77. The van der Waals surface area contributed by atoms with E-state index in [2.05, 4.69) is 22.3 Å². The zero-order chi connectivity index (χ0) is 20.8. The van der Waals surface area contributed by atoms with Gasteiger partial charge in [0.1, 0.15) is 5.82 Å². The summed E-state index contributed by atoms with van der Waals surface area (Å²) in [4.78, 5) is 0. The molecule has 4 aromatic rings. The van der Waals surface area contributed by atoms with Crippen molar-refractivity contribution >= 4 is 34.0 Å². The minimum atomic E-state index is -0.191.